The molecule has 10 heteroatoms. The van der Waals surface area contributed by atoms with Gasteiger partial charge in [0.25, 0.3) is 5.91 Å². The first kappa shape index (κ1) is 20.8. The van der Waals surface area contributed by atoms with Crippen molar-refractivity contribution in [3.05, 3.63) is 52.5 Å². The molecular weight excluding hydrogens is 405 g/mol. The van der Waals surface area contributed by atoms with Gasteiger partial charge in [0.05, 0.1) is 30.5 Å². The zero-order valence-electron chi connectivity index (χ0n) is 14.1. The van der Waals surface area contributed by atoms with Crippen molar-refractivity contribution in [3.8, 4) is 11.5 Å². The smallest absolute Gasteiger partial charge is 0.416 e. The molecule has 0 saturated heterocycles. The minimum atomic E-state index is -4.54. The van der Waals surface area contributed by atoms with E-state index >= 15 is 0 Å². The third-order valence-electron chi connectivity index (χ3n) is 3.41. The fourth-order valence-corrected chi connectivity index (χ4v) is 2.47. The van der Waals surface area contributed by atoms with Crippen LogP contribution in [0.4, 0.5) is 18.9 Å². The topological polar surface area (TPSA) is 59.6 Å². The lowest BCUT2D eigenvalue weighted by atomic mass is 10.2. The van der Waals surface area contributed by atoms with Crippen LogP contribution >= 0.6 is 23.8 Å². The van der Waals surface area contributed by atoms with E-state index in [0.717, 1.165) is 18.2 Å². The van der Waals surface area contributed by atoms with E-state index in [4.69, 9.17) is 33.3 Å². The van der Waals surface area contributed by atoms with Crippen LogP contribution in [-0.2, 0) is 6.18 Å². The Morgan fingerprint density at radius 1 is 1.07 bits per heavy atom. The predicted molar refractivity (Wildman–Crippen MR) is 99.7 cm³/mol. The number of thiocarbonyl (C=S) groups is 1. The summed E-state index contributed by atoms with van der Waals surface area (Å²) in [5, 5.41) is 4.66. The molecule has 0 heterocycles. The van der Waals surface area contributed by atoms with Gasteiger partial charge in [0.1, 0.15) is 0 Å². The van der Waals surface area contributed by atoms with Gasteiger partial charge in [0.15, 0.2) is 16.6 Å². The number of ether oxygens (including phenoxy) is 2. The van der Waals surface area contributed by atoms with E-state index in [1.807, 2.05) is 0 Å². The van der Waals surface area contributed by atoms with Gasteiger partial charge in [0, 0.05) is 5.56 Å². The van der Waals surface area contributed by atoms with E-state index < -0.39 is 17.6 Å². The maximum atomic E-state index is 12.8. The number of amides is 1. The highest BCUT2D eigenvalue weighted by atomic mass is 35.5. The van der Waals surface area contributed by atoms with E-state index in [1.165, 1.54) is 32.4 Å². The molecule has 27 heavy (non-hydrogen) atoms. The average molecular weight is 419 g/mol. The van der Waals surface area contributed by atoms with Crippen molar-refractivity contribution in [3.63, 3.8) is 0 Å². The Balaban J connectivity index is 2.13. The number of carbonyl (C=O) groups is 1. The van der Waals surface area contributed by atoms with Crippen molar-refractivity contribution >= 4 is 40.5 Å². The molecule has 0 unspecified atom stereocenters. The molecule has 2 aromatic carbocycles. The first-order chi connectivity index (χ1) is 12.7. The first-order valence-electron chi connectivity index (χ1n) is 7.36. The van der Waals surface area contributed by atoms with Gasteiger partial charge in [-0.1, -0.05) is 11.6 Å². The fraction of sp³-hybridized carbons (Fsp3) is 0.176. The Bertz CT molecular complexity index is 875. The largest absolute Gasteiger partial charge is 0.493 e. The van der Waals surface area contributed by atoms with Gasteiger partial charge >= 0.3 is 6.18 Å². The molecule has 0 aromatic heterocycles. The number of methoxy groups -OCH3 is 2. The molecule has 5 nitrogen and oxygen atoms in total. The maximum Gasteiger partial charge on any atom is 0.416 e. The second-order valence-electron chi connectivity index (χ2n) is 5.17. The molecule has 0 aliphatic carbocycles. The SMILES string of the molecule is COc1ccc(C(=O)NC(=S)Nc2cc(C(F)(F)F)ccc2Cl)cc1OC. The van der Waals surface area contributed by atoms with Crippen LogP contribution in [0.2, 0.25) is 5.02 Å². The van der Waals surface area contributed by atoms with Gasteiger partial charge in [-0.25, -0.2) is 0 Å². The summed E-state index contributed by atoms with van der Waals surface area (Å²) in [5.74, 6) is 0.187. The Morgan fingerprint density at radius 2 is 1.74 bits per heavy atom. The van der Waals surface area contributed by atoms with Crippen LogP contribution in [0.25, 0.3) is 0 Å². The second-order valence-corrected chi connectivity index (χ2v) is 5.99. The van der Waals surface area contributed by atoms with Gasteiger partial charge in [-0.05, 0) is 48.6 Å². The molecule has 0 bridgehead atoms. The summed E-state index contributed by atoms with van der Waals surface area (Å²) in [6.45, 7) is 0. The van der Waals surface area contributed by atoms with Gasteiger partial charge < -0.3 is 14.8 Å². The number of halogens is 4. The zero-order valence-corrected chi connectivity index (χ0v) is 15.7. The summed E-state index contributed by atoms with van der Waals surface area (Å²) in [7, 11) is 2.87. The van der Waals surface area contributed by atoms with Crippen molar-refractivity contribution < 1.29 is 27.4 Å². The number of hydrogen-bond donors (Lipinski definition) is 2. The third kappa shape index (κ3) is 5.24. The van der Waals surface area contributed by atoms with E-state index in [-0.39, 0.29) is 21.4 Å². The Hall–Kier alpha value is -2.52. The van der Waals surface area contributed by atoms with Crippen LogP contribution in [0.15, 0.2) is 36.4 Å². The van der Waals surface area contributed by atoms with Crippen LogP contribution in [0.3, 0.4) is 0 Å². The summed E-state index contributed by atoms with van der Waals surface area (Å²) in [6, 6.07) is 7.19. The van der Waals surface area contributed by atoms with E-state index in [9.17, 15) is 18.0 Å². The van der Waals surface area contributed by atoms with Crippen molar-refractivity contribution in [2.24, 2.45) is 0 Å². The molecule has 0 fully saturated rings. The normalized spacial score (nSPS) is 10.9. The average Bonchev–Trinajstić information content (AvgIpc) is 2.61. The Morgan fingerprint density at radius 3 is 2.33 bits per heavy atom. The molecule has 2 N–H and O–H groups in total. The Labute approximate surface area is 163 Å². The van der Waals surface area contributed by atoms with E-state index in [2.05, 4.69) is 10.6 Å². The predicted octanol–water partition coefficient (Wildman–Crippen LogP) is 4.50. The monoisotopic (exact) mass is 418 g/mol. The third-order valence-corrected chi connectivity index (χ3v) is 3.95. The number of nitrogens with one attached hydrogen (secondary N) is 2. The Kier molecular flexibility index (Phi) is 6.50. The van der Waals surface area contributed by atoms with E-state index in [1.54, 1.807) is 0 Å². The maximum absolute atomic E-state index is 12.8. The first-order valence-corrected chi connectivity index (χ1v) is 8.15. The summed E-state index contributed by atoms with van der Waals surface area (Å²) in [5.41, 5.74) is -0.764. The summed E-state index contributed by atoms with van der Waals surface area (Å²) >= 11 is 10.9. The van der Waals surface area contributed by atoms with E-state index in [0.29, 0.717) is 11.5 Å². The van der Waals surface area contributed by atoms with Crippen LogP contribution in [0.1, 0.15) is 15.9 Å². The van der Waals surface area contributed by atoms with Crippen LogP contribution < -0.4 is 20.1 Å². The highest BCUT2D eigenvalue weighted by molar-refractivity contribution is 7.80. The quantitative estimate of drug-likeness (QED) is 0.716. The highest BCUT2D eigenvalue weighted by Gasteiger charge is 2.31. The summed E-state index contributed by atoms with van der Waals surface area (Å²) < 4.78 is 48.6. The second kappa shape index (κ2) is 8.45. The number of alkyl halides is 3. The summed E-state index contributed by atoms with van der Waals surface area (Å²) in [6.07, 6.45) is -4.54. The molecule has 0 radical (unpaired) electrons. The molecule has 2 rings (SSSR count). The van der Waals surface area contributed by atoms with Crippen molar-refractivity contribution in [1.29, 1.82) is 0 Å². The number of hydrogen-bond acceptors (Lipinski definition) is 4. The van der Waals surface area contributed by atoms with Crippen LogP contribution in [0, 0.1) is 0 Å². The van der Waals surface area contributed by atoms with Crippen LogP contribution in [-0.4, -0.2) is 25.2 Å². The van der Waals surface area contributed by atoms with Gasteiger partial charge in [-0.15, -0.1) is 0 Å². The molecule has 0 spiro atoms. The fourth-order valence-electron chi connectivity index (χ4n) is 2.10. The van der Waals surface area contributed by atoms with Crippen molar-refractivity contribution in [2.75, 3.05) is 19.5 Å². The number of rotatable bonds is 4. The lowest BCUT2D eigenvalue weighted by Crippen LogP contribution is -2.34. The van der Waals surface area contributed by atoms with Gasteiger partial charge in [-0.2, -0.15) is 13.2 Å². The minimum Gasteiger partial charge on any atom is -0.493 e. The minimum absolute atomic E-state index is 0.0192. The summed E-state index contributed by atoms with van der Waals surface area (Å²) in [4.78, 5) is 12.3. The number of anilines is 1. The van der Waals surface area contributed by atoms with Crippen molar-refractivity contribution in [2.45, 2.75) is 6.18 Å². The van der Waals surface area contributed by atoms with Crippen molar-refractivity contribution in [1.82, 2.24) is 5.32 Å². The number of carbonyl (C=O) groups excluding carboxylic acids is 1. The molecule has 2 aromatic rings. The number of benzene rings is 2. The lowest BCUT2D eigenvalue weighted by molar-refractivity contribution is -0.137. The lowest BCUT2D eigenvalue weighted by Gasteiger charge is -2.14. The molecular formula is C17H14ClF3N2O3S. The molecule has 1 amide bonds. The molecule has 0 atom stereocenters. The van der Waals surface area contributed by atoms with Gasteiger partial charge in [-0.3, -0.25) is 10.1 Å². The molecule has 144 valence electrons. The zero-order chi connectivity index (χ0) is 20.2. The molecule has 0 aliphatic heterocycles. The highest BCUT2D eigenvalue weighted by Crippen LogP contribution is 2.33. The van der Waals surface area contributed by atoms with Gasteiger partial charge in [0.2, 0.25) is 0 Å². The molecule has 0 aliphatic rings. The standard InChI is InChI=1S/C17H14ClF3N2O3S/c1-25-13-6-3-9(7-14(13)26-2)15(24)23-16(27)22-12-8-10(17(19,20)21)4-5-11(12)18/h3-8H,1-2H3,(H2,22,23,24,27). The molecule has 0 saturated carbocycles. The van der Waals surface area contributed by atoms with Crippen LogP contribution in [0.5, 0.6) is 11.5 Å².